The Bertz CT molecular complexity index is 522. The number of nitrogens with two attached hydrogens (primary N) is 1. The van der Waals surface area contributed by atoms with Crippen molar-refractivity contribution in [3.8, 4) is 11.1 Å². The average molecular weight is 274 g/mol. The van der Waals surface area contributed by atoms with E-state index in [9.17, 15) is 4.79 Å². The molecular formula is C15H18N2OS. The highest BCUT2D eigenvalue weighted by Gasteiger charge is 2.02. The largest absolute Gasteiger partial charge is 0.370 e. The van der Waals surface area contributed by atoms with Crippen molar-refractivity contribution in [1.29, 1.82) is 0 Å². The van der Waals surface area contributed by atoms with Gasteiger partial charge in [0.15, 0.2) is 0 Å². The minimum absolute atomic E-state index is 0.232. The quantitative estimate of drug-likeness (QED) is 0.763. The van der Waals surface area contributed by atoms with Crippen LogP contribution in [-0.2, 0) is 11.3 Å². The van der Waals surface area contributed by atoms with E-state index in [1.54, 1.807) is 11.3 Å². The number of carbonyl (C=O) groups is 1. The minimum Gasteiger partial charge on any atom is -0.370 e. The van der Waals surface area contributed by atoms with Crippen LogP contribution in [-0.4, -0.2) is 12.5 Å². The van der Waals surface area contributed by atoms with E-state index in [2.05, 4.69) is 41.0 Å². The second-order valence-corrected chi connectivity index (χ2v) is 5.41. The molecule has 0 aliphatic carbocycles. The van der Waals surface area contributed by atoms with E-state index in [1.807, 2.05) is 6.07 Å². The Kier molecular flexibility index (Phi) is 5.12. The highest BCUT2D eigenvalue weighted by molar-refractivity contribution is 7.10. The predicted molar refractivity (Wildman–Crippen MR) is 79.9 cm³/mol. The molecule has 0 saturated carbocycles. The lowest BCUT2D eigenvalue weighted by Gasteiger charge is -2.01. The van der Waals surface area contributed by atoms with Crippen LogP contribution in [0.15, 0.2) is 41.8 Å². The Balaban J connectivity index is 1.80. The molecule has 2 aromatic rings. The lowest BCUT2D eigenvalue weighted by Crippen LogP contribution is -2.17. The summed E-state index contributed by atoms with van der Waals surface area (Å²) >= 11 is 1.75. The number of hydrogen-bond acceptors (Lipinski definition) is 3. The standard InChI is InChI=1S/C15H18N2OS/c16-15(18)7-4-8-17-10-14-9-13(11-19-14)12-5-2-1-3-6-12/h1-3,5-6,9,11,17H,4,7-8,10H2,(H2,16,18). The lowest BCUT2D eigenvalue weighted by molar-refractivity contribution is -0.118. The van der Waals surface area contributed by atoms with Crippen LogP contribution < -0.4 is 11.1 Å². The summed E-state index contributed by atoms with van der Waals surface area (Å²) in [5.74, 6) is -0.232. The number of primary amides is 1. The molecule has 4 heteroatoms. The SMILES string of the molecule is NC(=O)CCCNCc1cc(-c2ccccc2)cs1. The topological polar surface area (TPSA) is 55.1 Å². The maximum absolute atomic E-state index is 10.6. The molecule has 3 N–H and O–H groups in total. The van der Waals surface area contributed by atoms with Crippen LogP contribution in [0.25, 0.3) is 11.1 Å². The van der Waals surface area contributed by atoms with E-state index in [4.69, 9.17) is 5.73 Å². The predicted octanol–water partition coefficient (Wildman–Crippen LogP) is 2.77. The van der Waals surface area contributed by atoms with Crippen molar-refractivity contribution in [2.45, 2.75) is 19.4 Å². The van der Waals surface area contributed by atoms with Gasteiger partial charge in [-0.3, -0.25) is 4.79 Å². The Morgan fingerprint density at radius 3 is 2.74 bits per heavy atom. The molecule has 1 aromatic heterocycles. The molecule has 1 amide bonds. The zero-order chi connectivity index (χ0) is 13.5. The molecule has 2 rings (SSSR count). The molecule has 19 heavy (non-hydrogen) atoms. The lowest BCUT2D eigenvalue weighted by atomic mass is 10.1. The number of carbonyl (C=O) groups excluding carboxylic acids is 1. The molecule has 0 aliphatic heterocycles. The summed E-state index contributed by atoms with van der Waals surface area (Å²) in [7, 11) is 0. The highest BCUT2D eigenvalue weighted by atomic mass is 32.1. The van der Waals surface area contributed by atoms with Crippen molar-refractivity contribution < 1.29 is 4.79 Å². The van der Waals surface area contributed by atoms with Crippen LogP contribution >= 0.6 is 11.3 Å². The van der Waals surface area contributed by atoms with Gasteiger partial charge in [0.1, 0.15) is 0 Å². The van der Waals surface area contributed by atoms with Gasteiger partial charge in [-0.15, -0.1) is 11.3 Å². The Labute approximate surface area is 117 Å². The monoisotopic (exact) mass is 274 g/mol. The molecule has 0 unspecified atom stereocenters. The second-order valence-electron chi connectivity index (χ2n) is 4.41. The zero-order valence-corrected chi connectivity index (χ0v) is 11.6. The van der Waals surface area contributed by atoms with Crippen molar-refractivity contribution in [1.82, 2.24) is 5.32 Å². The van der Waals surface area contributed by atoms with Crippen molar-refractivity contribution in [2.75, 3.05) is 6.54 Å². The van der Waals surface area contributed by atoms with E-state index in [-0.39, 0.29) is 5.91 Å². The first-order valence-electron chi connectivity index (χ1n) is 6.37. The molecule has 0 saturated heterocycles. The summed E-state index contributed by atoms with van der Waals surface area (Å²) in [6.45, 7) is 1.66. The molecule has 0 fully saturated rings. The van der Waals surface area contributed by atoms with Crippen molar-refractivity contribution >= 4 is 17.2 Å². The number of rotatable bonds is 7. The summed E-state index contributed by atoms with van der Waals surface area (Å²) in [6, 6.07) is 12.6. The Morgan fingerprint density at radius 1 is 1.21 bits per heavy atom. The maximum Gasteiger partial charge on any atom is 0.217 e. The maximum atomic E-state index is 10.6. The molecule has 0 bridgehead atoms. The van der Waals surface area contributed by atoms with Crippen LogP contribution in [0.2, 0.25) is 0 Å². The molecule has 0 aliphatic rings. The summed E-state index contributed by atoms with van der Waals surface area (Å²) in [6.07, 6.45) is 1.25. The fraction of sp³-hybridized carbons (Fsp3) is 0.267. The smallest absolute Gasteiger partial charge is 0.217 e. The number of benzene rings is 1. The van der Waals surface area contributed by atoms with E-state index in [1.165, 1.54) is 16.0 Å². The van der Waals surface area contributed by atoms with E-state index < -0.39 is 0 Å². The minimum atomic E-state index is -0.232. The summed E-state index contributed by atoms with van der Waals surface area (Å²) in [5, 5.41) is 5.50. The van der Waals surface area contributed by atoms with Gasteiger partial charge in [0.2, 0.25) is 5.91 Å². The fourth-order valence-electron chi connectivity index (χ4n) is 1.85. The Hall–Kier alpha value is -1.65. The van der Waals surface area contributed by atoms with Gasteiger partial charge in [-0.1, -0.05) is 30.3 Å². The van der Waals surface area contributed by atoms with Gasteiger partial charge in [0.05, 0.1) is 0 Å². The van der Waals surface area contributed by atoms with Crippen molar-refractivity contribution in [3.05, 3.63) is 46.7 Å². The van der Waals surface area contributed by atoms with E-state index in [0.717, 1.165) is 19.5 Å². The van der Waals surface area contributed by atoms with E-state index in [0.29, 0.717) is 6.42 Å². The van der Waals surface area contributed by atoms with Crippen molar-refractivity contribution in [3.63, 3.8) is 0 Å². The van der Waals surface area contributed by atoms with Gasteiger partial charge in [0.25, 0.3) is 0 Å². The number of nitrogens with one attached hydrogen (secondary N) is 1. The highest BCUT2D eigenvalue weighted by Crippen LogP contribution is 2.25. The fourth-order valence-corrected chi connectivity index (χ4v) is 2.72. The van der Waals surface area contributed by atoms with Crippen LogP contribution in [0.5, 0.6) is 0 Å². The summed E-state index contributed by atoms with van der Waals surface area (Å²) in [4.78, 5) is 11.9. The molecular weight excluding hydrogens is 256 g/mol. The number of thiophene rings is 1. The second kappa shape index (κ2) is 7.07. The van der Waals surface area contributed by atoms with Gasteiger partial charge < -0.3 is 11.1 Å². The van der Waals surface area contributed by atoms with Crippen LogP contribution in [0.3, 0.4) is 0 Å². The molecule has 0 spiro atoms. The first kappa shape index (κ1) is 13.8. The van der Waals surface area contributed by atoms with Crippen LogP contribution in [0.1, 0.15) is 17.7 Å². The third kappa shape index (κ3) is 4.50. The number of hydrogen-bond donors (Lipinski definition) is 2. The molecule has 0 atom stereocenters. The number of amides is 1. The van der Waals surface area contributed by atoms with Crippen LogP contribution in [0, 0.1) is 0 Å². The molecule has 100 valence electrons. The molecule has 3 nitrogen and oxygen atoms in total. The van der Waals surface area contributed by atoms with Crippen molar-refractivity contribution in [2.24, 2.45) is 5.73 Å². The molecule has 0 radical (unpaired) electrons. The van der Waals surface area contributed by atoms with Gasteiger partial charge in [-0.2, -0.15) is 0 Å². The normalized spacial score (nSPS) is 10.5. The zero-order valence-electron chi connectivity index (χ0n) is 10.8. The van der Waals surface area contributed by atoms with Gasteiger partial charge in [-0.05, 0) is 35.5 Å². The first-order chi connectivity index (χ1) is 9.25. The van der Waals surface area contributed by atoms with Gasteiger partial charge >= 0.3 is 0 Å². The summed E-state index contributed by atoms with van der Waals surface area (Å²) in [5.41, 5.74) is 7.60. The molecule has 1 aromatic carbocycles. The summed E-state index contributed by atoms with van der Waals surface area (Å²) < 4.78 is 0. The van der Waals surface area contributed by atoms with Crippen LogP contribution in [0.4, 0.5) is 0 Å². The van der Waals surface area contributed by atoms with Gasteiger partial charge in [-0.25, -0.2) is 0 Å². The third-order valence-corrected chi connectivity index (χ3v) is 3.77. The first-order valence-corrected chi connectivity index (χ1v) is 7.25. The van der Waals surface area contributed by atoms with E-state index >= 15 is 0 Å². The third-order valence-electron chi connectivity index (χ3n) is 2.84. The van der Waals surface area contributed by atoms with Gasteiger partial charge in [0, 0.05) is 17.8 Å². The molecule has 1 heterocycles. The Morgan fingerprint density at radius 2 is 2.00 bits per heavy atom. The average Bonchev–Trinajstić information content (AvgIpc) is 2.88.